The first-order valence-corrected chi connectivity index (χ1v) is 7.54. The molecular weight excluding hydrogens is 317 g/mol. The SMILES string of the molecule is O=C1NCCc2ccc(C(=O)c3cc(Cl)sc3Cl)cc21. The Morgan fingerprint density at radius 3 is 2.75 bits per heavy atom. The van der Waals surface area contributed by atoms with E-state index in [-0.39, 0.29) is 11.7 Å². The number of rotatable bonds is 2. The minimum atomic E-state index is -0.223. The third-order valence-electron chi connectivity index (χ3n) is 3.20. The van der Waals surface area contributed by atoms with E-state index in [1.165, 1.54) is 0 Å². The fraction of sp³-hybridized carbons (Fsp3) is 0.143. The topological polar surface area (TPSA) is 46.2 Å². The zero-order valence-corrected chi connectivity index (χ0v) is 12.5. The zero-order chi connectivity index (χ0) is 14.3. The van der Waals surface area contributed by atoms with E-state index in [4.69, 9.17) is 23.2 Å². The zero-order valence-electron chi connectivity index (χ0n) is 10.2. The summed E-state index contributed by atoms with van der Waals surface area (Å²) in [5.41, 5.74) is 2.33. The van der Waals surface area contributed by atoms with Crippen LogP contribution >= 0.6 is 34.5 Å². The van der Waals surface area contributed by atoms with Gasteiger partial charge in [0.1, 0.15) is 4.34 Å². The highest BCUT2D eigenvalue weighted by molar-refractivity contribution is 7.20. The second-order valence-corrected chi connectivity index (χ2v) is 6.73. The minimum Gasteiger partial charge on any atom is -0.352 e. The van der Waals surface area contributed by atoms with Gasteiger partial charge in [0.25, 0.3) is 5.91 Å². The van der Waals surface area contributed by atoms with Gasteiger partial charge < -0.3 is 5.32 Å². The number of hydrogen-bond acceptors (Lipinski definition) is 3. The van der Waals surface area contributed by atoms with Crippen LogP contribution in [0.15, 0.2) is 24.3 Å². The number of ketones is 1. The molecule has 0 fully saturated rings. The van der Waals surface area contributed by atoms with E-state index in [1.807, 2.05) is 6.07 Å². The first-order chi connectivity index (χ1) is 9.56. The van der Waals surface area contributed by atoms with Crippen molar-refractivity contribution in [1.82, 2.24) is 5.32 Å². The van der Waals surface area contributed by atoms with Crippen LogP contribution in [0.3, 0.4) is 0 Å². The molecule has 1 aliphatic heterocycles. The first kappa shape index (κ1) is 13.6. The van der Waals surface area contributed by atoms with Gasteiger partial charge in [-0.25, -0.2) is 0 Å². The molecule has 0 aliphatic carbocycles. The summed E-state index contributed by atoms with van der Waals surface area (Å²) in [4.78, 5) is 24.2. The Labute approximate surface area is 129 Å². The highest BCUT2D eigenvalue weighted by atomic mass is 35.5. The van der Waals surface area contributed by atoms with Crippen LogP contribution in [0.5, 0.6) is 0 Å². The van der Waals surface area contributed by atoms with Crippen molar-refractivity contribution < 1.29 is 9.59 Å². The fourth-order valence-corrected chi connectivity index (χ4v) is 3.66. The third-order valence-corrected chi connectivity index (χ3v) is 4.69. The molecule has 0 saturated carbocycles. The molecule has 3 nitrogen and oxygen atoms in total. The molecule has 102 valence electrons. The summed E-state index contributed by atoms with van der Waals surface area (Å²) in [6, 6.07) is 6.72. The lowest BCUT2D eigenvalue weighted by Crippen LogP contribution is -2.32. The molecule has 0 atom stereocenters. The second-order valence-electron chi connectivity index (χ2n) is 4.44. The van der Waals surface area contributed by atoms with E-state index < -0.39 is 0 Å². The highest BCUT2D eigenvalue weighted by Gasteiger charge is 2.21. The molecule has 1 aromatic carbocycles. The van der Waals surface area contributed by atoms with Crippen LogP contribution in [0.2, 0.25) is 8.67 Å². The standard InChI is InChI=1S/C14H9Cl2NO2S/c15-11-6-10(13(16)20-11)12(18)8-2-1-7-3-4-17-14(19)9(7)5-8/h1-2,5-6H,3-4H2,(H,17,19). The van der Waals surface area contributed by atoms with E-state index in [0.29, 0.717) is 31.9 Å². The molecule has 0 radical (unpaired) electrons. The van der Waals surface area contributed by atoms with Crippen molar-refractivity contribution in [2.24, 2.45) is 0 Å². The molecule has 20 heavy (non-hydrogen) atoms. The smallest absolute Gasteiger partial charge is 0.251 e. The summed E-state index contributed by atoms with van der Waals surface area (Å²) in [7, 11) is 0. The van der Waals surface area contributed by atoms with E-state index in [9.17, 15) is 9.59 Å². The van der Waals surface area contributed by atoms with Crippen molar-refractivity contribution in [1.29, 1.82) is 0 Å². The van der Waals surface area contributed by atoms with E-state index in [0.717, 1.165) is 23.3 Å². The van der Waals surface area contributed by atoms with Gasteiger partial charge in [-0.1, -0.05) is 35.3 Å². The van der Waals surface area contributed by atoms with Crippen molar-refractivity contribution in [3.8, 4) is 0 Å². The summed E-state index contributed by atoms with van der Waals surface area (Å²) in [6.45, 7) is 0.630. The lowest BCUT2D eigenvalue weighted by Gasteiger charge is -2.16. The quantitative estimate of drug-likeness (QED) is 0.858. The van der Waals surface area contributed by atoms with Crippen molar-refractivity contribution in [2.45, 2.75) is 6.42 Å². The number of nitrogens with one attached hydrogen (secondary N) is 1. The molecule has 0 saturated heterocycles. The van der Waals surface area contributed by atoms with Gasteiger partial charge in [-0.05, 0) is 24.1 Å². The number of carbonyl (C=O) groups excluding carboxylic acids is 2. The molecule has 0 unspecified atom stereocenters. The van der Waals surface area contributed by atoms with Gasteiger partial charge in [-0.2, -0.15) is 0 Å². The Morgan fingerprint density at radius 2 is 2.05 bits per heavy atom. The van der Waals surface area contributed by atoms with E-state index >= 15 is 0 Å². The Kier molecular flexibility index (Phi) is 3.54. The number of amides is 1. The van der Waals surface area contributed by atoms with Gasteiger partial charge in [0.2, 0.25) is 0 Å². The van der Waals surface area contributed by atoms with Gasteiger partial charge in [0.15, 0.2) is 5.78 Å². The Balaban J connectivity index is 2.03. The molecule has 6 heteroatoms. The van der Waals surface area contributed by atoms with Crippen LogP contribution in [0.25, 0.3) is 0 Å². The van der Waals surface area contributed by atoms with Crippen LogP contribution in [-0.4, -0.2) is 18.2 Å². The monoisotopic (exact) mass is 325 g/mol. The number of halogens is 2. The van der Waals surface area contributed by atoms with Gasteiger partial charge in [0, 0.05) is 17.7 Å². The Bertz CT molecular complexity index is 724. The predicted octanol–water partition coefficient (Wildman–Crippen LogP) is 3.57. The maximum Gasteiger partial charge on any atom is 0.251 e. The molecule has 1 N–H and O–H groups in total. The number of carbonyl (C=O) groups is 2. The molecule has 1 amide bonds. The third kappa shape index (κ3) is 2.35. The number of benzene rings is 1. The van der Waals surface area contributed by atoms with Crippen molar-refractivity contribution in [2.75, 3.05) is 6.54 Å². The number of hydrogen-bond donors (Lipinski definition) is 1. The molecule has 1 aliphatic rings. The first-order valence-electron chi connectivity index (χ1n) is 5.97. The van der Waals surface area contributed by atoms with Crippen LogP contribution in [0.1, 0.15) is 31.8 Å². The average molecular weight is 326 g/mol. The lowest BCUT2D eigenvalue weighted by molar-refractivity contribution is 0.0946. The highest BCUT2D eigenvalue weighted by Crippen LogP contribution is 2.33. The summed E-state index contributed by atoms with van der Waals surface area (Å²) in [5, 5.41) is 2.76. The number of thiophene rings is 1. The summed E-state index contributed by atoms with van der Waals surface area (Å²) in [5.74, 6) is -0.366. The van der Waals surface area contributed by atoms with Crippen molar-refractivity contribution in [3.63, 3.8) is 0 Å². The van der Waals surface area contributed by atoms with Crippen molar-refractivity contribution in [3.05, 3.63) is 55.2 Å². The fourth-order valence-electron chi connectivity index (χ4n) is 2.20. The van der Waals surface area contributed by atoms with E-state index in [1.54, 1.807) is 18.2 Å². The lowest BCUT2D eigenvalue weighted by atomic mass is 9.95. The van der Waals surface area contributed by atoms with Gasteiger partial charge >= 0.3 is 0 Å². The predicted molar refractivity (Wildman–Crippen MR) is 80.3 cm³/mol. The van der Waals surface area contributed by atoms with Crippen molar-refractivity contribution >= 4 is 46.2 Å². The van der Waals surface area contributed by atoms with Crippen LogP contribution < -0.4 is 5.32 Å². The normalized spacial score (nSPS) is 13.8. The molecule has 2 aromatic rings. The summed E-state index contributed by atoms with van der Waals surface area (Å²) < 4.78 is 0.830. The maximum atomic E-state index is 12.4. The van der Waals surface area contributed by atoms with Crippen LogP contribution in [0.4, 0.5) is 0 Å². The Hall–Kier alpha value is -1.36. The molecule has 3 rings (SSSR count). The van der Waals surface area contributed by atoms with Gasteiger partial charge in [0.05, 0.1) is 9.90 Å². The molecule has 0 bridgehead atoms. The van der Waals surface area contributed by atoms with Crippen LogP contribution in [0, 0.1) is 0 Å². The second kappa shape index (κ2) is 5.20. The molecule has 0 spiro atoms. The summed E-state index contributed by atoms with van der Waals surface area (Å²) in [6.07, 6.45) is 0.778. The molecule has 2 heterocycles. The maximum absolute atomic E-state index is 12.4. The van der Waals surface area contributed by atoms with Gasteiger partial charge in [-0.15, -0.1) is 11.3 Å². The number of fused-ring (bicyclic) bond motifs is 1. The molecular formula is C14H9Cl2NO2S. The summed E-state index contributed by atoms with van der Waals surface area (Å²) >= 11 is 13.0. The Morgan fingerprint density at radius 1 is 1.25 bits per heavy atom. The van der Waals surface area contributed by atoms with E-state index in [2.05, 4.69) is 5.32 Å². The largest absolute Gasteiger partial charge is 0.352 e. The minimum absolute atomic E-state index is 0.143. The van der Waals surface area contributed by atoms with Crippen LogP contribution in [-0.2, 0) is 6.42 Å². The van der Waals surface area contributed by atoms with Gasteiger partial charge in [-0.3, -0.25) is 9.59 Å². The average Bonchev–Trinajstić information content (AvgIpc) is 2.77. The molecule has 1 aromatic heterocycles.